The molecule has 140 valence electrons. The first-order valence-corrected chi connectivity index (χ1v) is 10.0. The third-order valence-corrected chi connectivity index (χ3v) is 6.86. The molecule has 1 aromatic heterocycles. The van der Waals surface area contributed by atoms with Gasteiger partial charge in [-0.05, 0) is 63.1 Å². The van der Waals surface area contributed by atoms with Gasteiger partial charge in [-0.25, -0.2) is 9.78 Å². The van der Waals surface area contributed by atoms with Crippen molar-refractivity contribution in [3.8, 4) is 0 Å². The maximum Gasteiger partial charge on any atom is 0.315 e. The van der Waals surface area contributed by atoms with Gasteiger partial charge in [0, 0.05) is 31.2 Å². The van der Waals surface area contributed by atoms with Crippen LogP contribution in [0.4, 0.5) is 10.6 Å². The van der Waals surface area contributed by atoms with Crippen LogP contribution in [0.15, 0.2) is 12.1 Å². The predicted molar refractivity (Wildman–Crippen MR) is 99.2 cm³/mol. The fourth-order valence-electron chi connectivity index (χ4n) is 5.19. The van der Waals surface area contributed by atoms with Gasteiger partial charge in [0.25, 0.3) is 0 Å². The molecule has 1 spiro atoms. The molecule has 6 heteroatoms. The lowest BCUT2D eigenvalue weighted by atomic mass is 9.73. The van der Waals surface area contributed by atoms with Crippen molar-refractivity contribution in [1.29, 1.82) is 0 Å². The summed E-state index contributed by atoms with van der Waals surface area (Å²) in [5.74, 6) is 1.55. The number of aromatic nitrogens is 1. The topological polar surface area (TPSA) is 66.5 Å². The maximum atomic E-state index is 12.6. The molecule has 0 bridgehead atoms. The number of fused-ring (bicyclic) bond motifs is 2. The number of hydrogen-bond donors (Lipinski definition) is 2. The van der Waals surface area contributed by atoms with Crippen LogP contribution < -0.4 is 15.5 Å². The van der Waals surface area contributed by atoms with E-state index in [1.165, 1.54) is 19.3 Å². The molecule has 2 saturated carbocycles. The van der Waals surface area contributed by atoms with E-state index in [1.807, 2.05) is 6.92 Å². The summed E-state index contributed by atoms with van der Waals surface area (Å²) in [5, 5.41) is 6.33. The fourth-order valence-corrected chi connectivity index (χ4v) is 5.19. The standard InChI is InChI=1S/C20H28N4O2/c1-14-9-15(10-17(22-14)24-7-2-3-8-24)12-21-18(25)23-20-11-16(20)13-26-19(20)5-4-6-19/h9-10,16H,2-8,11-13H2,1H3,(H2,21,23,25)/t16-,20+/m0/s1. The number of urea groups is 1. The molecule has 6 nitrogen and oxygen atoms in total. The third kappa shape index (κ3) is 2.49. The van der Waals surface area contributed by atoms with Crippen molar-refractivity contribution < 1.29 is 9.53 Å². The van der Waals surface area contributed by atoms with Gasteiger partial charge in [0.2, 0.25) is 0 Å². The van der Waals surface area contributed by atoms with Gasteiger partial charge < -0.3 is 20.3 Å². The van der Waals surface area contributed by atoms with E-state index in [-0.39, 0.29) is 17.2 Å². The number of anilines is 1. The highest BCUT2D eigenvalue weighted by atomic mass is 16.5. The summed E-state index contributed by atoms with van der Waals surface area (Å²) in [6.45, 7) is 5.52. The number of nitrogens with zero attached hydrogens (tertiary/aromatic N) is 2. The quantitative estimate of drug-likeness (QED) is 0.870. The Balaban J connectivity index is 1.22. The average molecular weight is 356 g/mol. The number of hydrogen-bond acceptors (Lipinski definition) is 4. The average Bonchev–Trinajstić information content (AvgIpc) is 2.99. The largest absolute Gasteiger partial charge is 0.372 e. The molecule has 5 rings (SSSR count). The van der Waals surface area contributed by atoms with Gasteiger partial charge in [-0.2, -0.15) is 0 Å². The van der Waals surface area contributed by atoms with Crippen LogP contribution >= 0.6 is 0 Å². The van der Waals surface area contributed by atoms with Crippen molar-refractivity contribution in [2.45, 2.75) is 63.1 Å². The second kappa shape index (κ2) is 5.84. The molecule has 3 heterocycles. The summed E-state index contributed by atoms with van der Waals surface area (Å²) < 4.78 is 6.04. The summed E-state index contributed by atoms with van der Waals surface area (Å²) in [6.07, 6.45) is 6.94. The molecule has 2 atom stereocenters. The van der Waals surface area contributed by atoms with Crippen molar-refractivity contribution in [2.75, 3.05) is 24.6 Å². The smallest absolute Gasteiger partial charge is 0.315 e. The Morgan fingerprint density at radius 1 is 1.31 bits per heavy atom. The summed E-state index contributed by atoms with van der Waals surface area (Å²) in [6, 6.07) is 4.11. The molecule has 2 aliphatic carbocycles. The maximum absolute atomic E-state index is 12.6. The first kappa shape index (κ1) is 16.4. The molecular weight excluding hydrogens is 328 g/mol. The SMILES string of the molecule is Cc1cc(CNC(=O)N[C@]23C[C@H]2COC32CCC2)cc(N2CCCC2)n1. The van der Waals surface area contributed by atoms with Crippen molar-refractivity contribution >= 4 is 11.8 Å². The Kier molecular flexibility index (Phi) is 3.68. The van der Waals surface area contributed by atoms with E-state index in [0.717, 1.165) is 56.0 Å². The molecule has 2 saturated heterocycles. The zero-order valence-electron chi connectivity index (χ0n) is 15.5. The van der Waals surface area contributed by atoms with Crippen LogP contribution in [0.5, 0.6) is 0 Å². The Morgan fingerprint density at radius 3 is 2.81 bits per heavy atom. The molecule has 2 aliphatic heterocycles. The second-order valence-electron chi connectivity index (χ2n) is 8.51. The fraction of sp³-hybridized carbons (Fsp3) is 0.700. The van der Waals surface area contributed by atoms with E-state index in [1.54, 1.807) is 0 Å². The van der Waals surface area contributed by atoms with Crippen LogP contribution in [0.2, 0.25) is 0 Å². The summed E-state index contributed by atoms with van der Waals surface area (Å²) in [7, 11) is 0. The van der Waals surface area contributed by atoms with Crippen LogP contribution in [0.25, 0.3) is 0 Å². The van der Waals surface area contributed by atoms with E-state index in [0.29, 0.717) is 12.5 Å². The normalized spacial score (nSPS) is 30.8. The zero-order chi connectivity index (χ0) is 17.8. The van der Waals surface area contributed by atoms with Crippen LogP contribution in [-0.2, 0) is 11.3 Å². The predicted octanol–water partition coefficient (Wildman–Crippen LogP) is 2.50. The molecule has 1 aromatic rings. The van der Waals surface area contributed by atoms with Crippen LogP contribution in [0, 0.1) is 12.8 Å². The summed E-state index contributed by atoms with van der Waals surface area (Å²) in [4.78, 5) is 19.6. The first-order chi connectivity index (χ1) is 12.6. The van der Waals surface area contributed by atoms with Gasteiger partial charge >= 0.3 is 6.03 Å². The van der Waals surface area contributed by atoms with Gasteiger partial charge in [0.05, 0.1) is 17.7 Å². The zero-order valence-corrected chi connectivity index (χ0v) is 15.5. The molecule has 4 aliphatic rings. The minimum Gasteiger partial charge on any atom is -0.372 e. The van der Waals surface area contributed by atoms with Crippen molar-refractivity contribution in [3.05, 3.63) is 23.4 Å². The van der Waals surface area contributed by atoms with Crippen molar-refractivity contribution in [1.82, 2.24) is 15.6 Å². The van der Waals surface area contributed by atoms with Gasteiger partial charge in [-0.1, -0.05) is 0 Å². The Labute approximate surface area is 154 Å². The minimum absolute atomic E-state index is 0.0643. The van der Waals surface area contributed by atoms with E-state index in [2.05, 4.69) is 32.7 Å². The van der Waals surface area contributed by atoms with Crippen LogP contribution in [-0.4, -0.2) is 41.9 Å². The van der Waals surface area contributed by atoms with Gasteiger partial charge in [-0.3, -0.25) is 0 Å². The summed E-state index contributed by atoms with van der Waals surface area (Å²) >= 11 is 0. The lowest BCUT2D eigenvalue weighted by Gasteiger charge is -2.45. The number of nitrogens with one attached hydrogen (secondary N) is 2. The molecule has 2 amide bonds. The number of carbonyl (C=O) groups excluding carboxylic acids is 1. The van der Waals surface area contributed by atoms with Gasteiger partial charge in [0.1, 0.15) is 5.82 Å². The van der Waals surface area contributed by atoms with Crippen molar-refractivity contribution in [2.24, 2.45) is 5.92 Å². The lowest BCUT2D eigenvalue weighted by Crippen LogP contribution is -2.59. The van der Waals surface area contributed by atoms with E-state index in [9.17, 15) is 4.79 Å². The number of ether oxygens (including phenoxy) is 1. The number of pyridine rings is 1. The molecule has 0 aromatic carbocycles. The van der Waals surface area contributed by atoms with E-state index in [4.69, 9.17) is 4.74 Å². The van der Waals surface area contributed by atoms with Gasteiger partial charge in [-0.15, -0.1) is 0 Å². The Morgan fingerprint density at radius 2 is 2.12 bits per heavy atom. The number of rotatable bonds is 4. The Hall–Kier alpha value is -1.82. The van der Waals surface area contributed by atoms with Crippen LogP contribution in [0.1, 0.15) is 49.8 Å². The number of carbonyl (C=O) groups is 1. The molecular formula is C20H28N4O2. The highest BCUT2D eigenvalue weighted by Crippen LogP contribution is 2.64. The highest BCUT2D eigenvalue weighted by molar-refractivity contribution is 5.76. The second-order valence-corrected chi connectivity index (χ2v) is 8.51. The third-order valence-electron chi connectivity index (χ3n) is 6.86. The highest BCUT2D eigenvalue weighted by Gasteiger charge is 2.74. The molecule has 4 fully saturated rings. The summed E-state index contributed by atoms with van der Waals surface area (Å²) in [5.41, 5.74) is 1.96. The number of amides is 2. The molecule has 26 heavy (non-hydrogen) atoms. The van der Waals surface area contributed by atoms with Crippen molar-refractivity contribution in [3.63, 3.8) is 0 Å². The molecule has 0 radical (unpaired) electrons. The van der Waals surface area contributed by atoms with Gasteiger partial charge in [0.15, 0.2) is 0 Å². The first-order valence-electron chi connectivity index (χ1n) is 10.0. The molecule has 0 unspecified atom stereocenters. The minimum atomic E-state index is -0.0931. The monoisotopic (exact) mass is 356 g/mol. The van der Waals surface area contributed by atoms with E-state index >= 15 is 0 Å². The lowest BCUT2D eigenvalue weighted by molar-refractivity contribution is -0.0934. The Bertz CT molecular complexity index is 727. The molecule has 2 N–H and O–H groups in total. The van der Waals surface area contributed by atoms with E-state index < -0.39 is 0 Å². The number of aryl methyl sites for hydroxylation is 1. The van der Waals surface area contributed by atoms with Crippen LogP contribution in [0.3, 0.4) is 0 Å².